The van der Waals surface area contributed by atoms with Crippen molar-refractivity contribution in [1.29, 1.82) is 0 Å². The summed E-state index contributed by atoms with van der Waals surface area (Å²) in [5.41, 5.74) is 4.10. The number of aromatic carboxylic acids is 1. The lowest BCUT2D eigenvalue weighted by Gasteiger charge is -2.43. The summed E-state index contributed by atoms with van der Waals surface area (Å²) >= 11 is 6.29. The first-order chi connectivity index (χ1) is 12.1. The zero-order chi connectivity index (χ0) is 17.1. The predicted octanol–water partition coefficient (Wildman–Crippen LogP) is 5.33. The Morgan fingerprint density at radius 2 is 1.84 bits per heavy atom. The molecule has 128 valence electrons. The van der Waals surface area contributed by atoms with Crippen LogP contribution in [-0.2, 0) is 0 Å². The van der Waals surface area contributed by atoms with Crippen LogP contribution < -0.4 is 5.32 Å². The minimum absolute atomic E-state index is 0.247. The standard InChI is InChI=1S/C21H20ClNO2/c22-15-7-8-17-16(10-15)18-13-5-6-14(9-13)19(18)20(23-17)11-1-3-12(4-2-11)21(24)25/h1-4,7-8,10,13-14,18-20,23H,5-6,9H2,(H,24,25)/t13-,14-,18+,19-,20-/m0/s1. The first-order valence-corrected chi connectivity index (χ1v) is 9.39. The maximum absolute atomic E-state index is 11.1. The molecule has 4 heteroatoms. The summed E-state index contributed by atoms with van der Waals surface area (Å²) in [5, 5.41) is 13.7. The molecule has 1 heterocycles. The van der Waals surface area contributed by atoms with E-state index in [0.29, 0.717) is 17.4 Å². The van der Waals surface area contributed by atoms with Gasteiger partial charge in [-0.25, -0.2) is 4.79 Å². The molecule has 2 aromatic carbocycles. The van der Waals surface area contributed by atoms with E-state index >= 15 is 0 Å². The quantitative estimate of drug-likeness (QED) is 0.766. The molecule has 2 aliphatic carbocycles. The predicted molar refractivity (Wildman–Crippen MR) is 98.3 cm³/mol. The highest BCUT2D eigenvalue weighted by atomic mass is 35.5. The van der Waals surface area contributed by atoms with Crippen LogP contribution in [0, 0.1) is 17.8 Å². The van der Waals surface area contributed by atoms with Crippen LogP contribution >= 0.6 is 11.6 Å². The summed E-state index contributed by atoms with van der Waals surface area (Å²) in [6.07, 6.45) is 3.95. The second-order valence-corrected chi connectivity index (χ2v) is 8.15. The molecular formula is C21H20ClNO2. The number of carboxylic acid groups (broad SMARTS) is 1. The van der Waals surface area contributed by atoms with Gasteiger partial charge in [0, 0.05) is 10.7 Å². The smallest absolute Gasteiger partial charge is 0.335 e. The number of carboxylic acids is 1. The van der Waals surface area contributed by atoms with Crippen molar-refractivity contribution in [2.24, 2.45) is 17.8 Å². The minimum Gasteiger partial charge on any atom is -0.478 e. The highest BCUT2D eigenvalue weighted by molar-refractivity contribution is 6.30. The highest BCUT2D eigenvalue weighted by Gasteiger charge is 2.53. The Labute approximate surface area is 152 Å². The molecular weight excluding hydrogens is 334 g/mol. The van der Waals surface area contributed by atoms with Crippen LogP contribution in [0.3, 0.4) is 0 Å². The molecule has 25 heavy (non-hydrogen) atoms. The molecule has 2 N–H and O–H groups in total. The van der Waals surface area contributed by atoms with Crippen LogP contribution in [0.5, 0.6) is 0 Å². The third-order valence-electron chi connectivity index (χ3n) is 6.57. The normalized spacial score (nSPS) is 32.0. The topological polar surface area (TPSA) is 49.3 Å². The number of fused-ring (bicyclic) bond motifs is 7. The average Bonchev–Trinajstić information content (AvgIpc) is 3.23. The Kier molecular flexibility index (Phi) is 3.36. The van der Waals surface area contributed by atoms with Gasteiger partial charge in [0.05, 0.1) is 11.6 Å². The molecule has 0 saturated heterocycles. The fraction of sp³-hybridized carbons (Fsp3) is 0.381. The molecule has 0 spiro atoms. The van der Waals surface area contributed by atoms with Crippen molar-refractivity contribution < 1.29 is 9.90 Å². The molecule has 2 fully saturated rings. The van der Waals surface area contributed by atoms with Crippen molar-refractivity contribution in [1.82, 2.24) is 0 Å². The first kappa shape index (κ1) is 15.3. The van der Waals surface area contributed by atoms with Crippen LogP contribution in [0.4, 0.5) is 5.69 Å². The van der Waals surface area contributed by atoms with Crippen molar-refractivity contribution in [2.45, 2.75) is 31.2 Å². The number of nitrogens with one attached hydrogen (secondary N) is 1. The average molecular weight is 354 g/mol. The Morgan fingerprint density at radius 3 is 2.60 bits per heavy atom. The number of carbonyl (C=O) groups is 1. The van der Waals surface area contributed by atoms with Gasteiger partial charge in [0.15, 0.2) is 0 Å². The lowest BCUT2D eigenvalue weighted by atomic mass is 9.68. The third kappa shape index (κ3) is 2.29. The van der Waals surface area contributed by atoms with Crippen molar-refractivity contribution >= 4 is 23.3 Å². The lowest BCUT2D eigenvalue weighted by Crippen LogP contribution is -2.35. The SMILES string of the molecule is O=C(O)c1ccc([C@@H]2Nc3ccc(Cl)cc3[C@H]3[C@H]4CC[C@@H](C4)[C@@H]32)cc1. The van der Waals surface area contributed by atoms with E-state index in [1.807, 2.05) is 18.2 Å². The molecule has 2 bridgehead atoms. The molecule has 3 nitrogen and oxygen atoms in total. The number of rotatable bonds is 2. The summed E-state index contributed by atoms with van der Waals surface area (Å²) in [6, 6.07) is 13.8. The van der Waals surface area contributed by atoms with Crippen LogP contribution in [-0.4, -0.2) is 11.1 Å². The van der Waals surface area contributed by atoms with Gasteiger partial charge in [0.1, 0.15) is 0 Å². The summed E-state index contributed by atoms with van der Waals surface area (Å²) in [6.45, 7) is 0. The molecule has 2 saturated carbocycles. The number of hydrogen-bond acceptors (Lipinski definition) is 2. The number of halogens is 1. The lowest BCUT2D eigenvalue weighted by molar-refractivity contribution is 0.0697. The van der Waals surface area contributed by atoms with E-state index in [0.717, 1.165) is 16.9 Å². The van der Waals surface area contributed by atoms with E-state index in [4.69, 9.17) is 16.7 Å². The number of hydrogen-bond donors (Lipinski definition) is 2. The van der Waals surface area contributed by atoms with Gasteiger partial charge >= 0.3 is 5.97 Å². The molecule has 1 aliphatic heterocycles. The van der Waals surface area contributed by atoms with Crippen molar-refractivity contribution in [2.75, 3.05) is 5.32 Å². The van der Waals surface area contributed by atoms with Gasteiger partial charge in [-0.3, -0.25) is 0 Å². The van der Waals surface area contributed by atoms with E-state index in [2.05, 4.69) is 17.4 Å². The van der Waals surface area contributed by atoms with E-state index < -0.39 is 5.97 Å². The van der Waals surface area contributed by atoms with E-state index in [1.165, 1.54) is 36.1 Å². The van der Waals surface area contributed by atoms with Crippen molar-refractivity contribution in [3.8, 4) is 0 Å². The number of anilines is 1. The van der Waals surface area contributed by atoms with Gasteiger partial charge in [-0.05, 0) is 84.4 Å². The zero-order valence-corrected chi connectivity index (χ0v) is 14.5. The van der Waals surface area contributed by atoms with Crippen LogP contribution in [0.1, 0.15) is 52.7 Å². The fourth-order valence-corrected chi connectivity index (χ4v) is 5.80. The molecule has 5 rings (SSSR count). The van der Waals surface area contributed by atoms with Gasteiger partial charge in [0.25, 0.3) is 0 Å². The van der Waals surface area contributed by atoms with E-state index in [9.17, 15) is 4.79 Å². The van der Waals surface area contributed by atoms with Gasteiger partial charge in [0.2, 0.25) is 0 Å². The van der Waals surface area contributed by atoms with Gasteiger partial charge in [-0.2, -0.15) is 0 Å². The third-order valence-corrected chi connectivity index (χ3v) is 6.80. The monoisotopic (exact) mass is 353 g/mol. The first-order valence-electron chi connectivity index (χ1n) is 9.01. The minimum atomic E-state index is -0.874. The fourth-order valence-electron chi connectivity index (χ4n) is 5.62. The number of benzene rings is 2. The van der Waals surface area contributed by atoms with Crippen LogP contribution in [0.15, 0.2) is 42.5 Å². The van der Waals surface area contributed by atoms with Crippen molar-refractivity contribution in [3.63, 3.8) is 0 Å². The Bertz CT molecular complexity index is 847. The summed E-state index contributed by atoms with van der Waals surface area (Å²) in [7, 11) is 0. The Balaban J connectivity index is 1.58. The highest BCUT2D eigenvalue weighted by Crippen LogP contribution is 2.63. The second kappa shape index (κ2) is 5.50. The van der Waals surface area contributed by atoms with E-state index in [1.54, 1.807) is 12.1 Å². The molecule has 0 unspecified atom stereocenters. The van der Waals surface area contributed by atoms with Crippen LogP contribution in [0.2, 0.25) is 5.02 Å². The maximum atomic E-state index is 11.1. The summed E-state index contributed by atoms with van der Waals surface area (Å²) < 4.78 is 0. The van der Waals surface area contributed by atoms with Gasteiger partial charge in [-0.15, -0.1) is 0 Å². The molecule has 2 aromatic rings. The molecule has 0 aromatic heterocycles. The van der Waals surface area contributed by atoms with Gasteiger partial charge in [-0.1, -0.05) is 23.7 Å². The van der Waals surface area contributed by atoms with E-state index in [-0.39, 0.29) is 6.04 Å². The second-order valence-electron chi connectivity index (χ2n) is 7.72. The summed E-state index contributed by atoms with van der Waals surface area (Å²) in [4.78, 5) is 11.1. The zero-order valence-electron chi connectivity index (χ0n) is 13.8. The molecule has 5 atom stereocenters. The van der Waals surface area contributed by atoms with Gasteiger partial charge < -0.3 is 10.4 Å². The van der Waals surface area contributed by atoms with Crippen molar-refractivity contribution in [3.05, 3.63) is 64.2 Å². The maximum Gasteiger partial charge on any atom is 0.335 e. The largest absolute Gasteiger partial charge is 0.478 e. The molecule has 0 radical (unpaired) electrons. The van der Waals surface area contributed by atoms with Crippen LogP contribution in [0.25, 0.3) is 0 Å². The molecule has 0 amide bonds. The Morgan fingerprint density at radius 1 is 1.08 bits per heavy atom. The summed E-state index contributed by atoms with van der Waals surface area (Å²) in [5.74, 6) is 1.77. The molecule has 3 aliphatic rings. The Hall–Kier alpha value is -2.00.